The number of rotatable bonds is 9. The van der Waals surface area contributed by atoms with Crippen molar-refractivity contribution in [1.82, 2.24) is 4.57 Å². The third-order valence-electron chi connectivity index (χ3n) is 6.24. The first-order valence-electron chi connectivity index (χ1n) is 11.5. The van der Waals surface area contributed by atoms with Crippen LogP contribution in [0.4, 0.5) is 0 Å². The van der Waals surface area contributed by atoms with Crippen molar-refractivity contribution in [2.75, 3.05) is 14.2 Å². The van der Waals surface area contributed by atoms with E-state index in [2.05, 4.69) is 0 Å². The Kier molecular flexibility index (Phi) is 6.75. The molecule has 0 unspecified atom stereocenters. The van der Waals surface area contributed by atoms with E-state index in [9.17, 15) is 14.7 Å². The molecule has 7 heteroatoms. The average molecular weight is 488 g/mol. The fourth-order valence-corrected chi connectivity index (χ4v) is 4.19. The number of methoxy groups -OCH3 is 2. The predicted molar refractivity (Wildman–Crippen MR) is 138 cm³/mol. The number of ether oxygens (including phenoxy) is 3. The summed E-state index contributed by atoms with van der Waals surface area (Å²) in [6.45, 7) is 5.40. The Labute approximate surface area is 209 Å². The van der Waals surface area contributed by atoms with Crippen LogP contribution in [0.1, 0.15) is 41.0 Å². The Morgan fingerprint density at radius 2 is 1.56 bits per heavy atom. The summed E-state index contributed by atoms with van der Waals surface area (Å²) in [6, 6.07) is 20.1. The van der Waals surface area contributed by atoms with Crippen LogP contribution in [-0.4, -0.2) is 41.2 Å². The highest BCUT2D eigenvalue weighted by atomic mass is 16.5. The number of ketones is 1. The molecule has 36 heavy (non-hydrogen) atoms. The number of nitrogens with zero attached hydrogens (tertiary/aromatic N) is 1. The normalized spacial score (nSPS) is 11.4. The number of fused-ring (bicyclic) bond motifs is 1. The SMILES string of the molecule is COc1ccc(C(=O)c2c(C)n(Cc3cccc(OC)c3)c3cc(OC(C)(C)C(=O)O)ccc23)cc1. The lowest BCUT2D eigenvalue weighted by Gasteiger charge is -2.21. The summed E-state index contributed by atoms with van der Waals surface area (Å²) in [7, 11) is 3.20. The van der Waals surface area contributed by atoms with Gasteiger partial charge in [-0.2, -0.15) is 0 Å². The Morgan fingerprint density at radius 1 is 0.889 bits per heavy atom. The number of benzene rings is 3. The van der Waals surface area contributed by atoms with Crippen LogP contribution in [-0.2, 0) is 11.3 Å². The molecular formula is C29H29NO6. The third kappa shape index (κ3) is 4.77. The van der Waals surface area contributed by atoms with Gasteiger partial charge in [0.15, 0.2) is 11.4 Å². The van der Waals surface area contributed by atoms with E-state index in [0.29, 0.717) is 29.2 Å². The number of hydrogen-bond acceptors (Lipinski definition) is 5. The van der Waals surface area contributed by atoms with Crippen molar-refractivity contribution in [2.24, 2.45) is 0 Å². The molecule has 0 aliphatic heterocycles. The maximum atomic E-state index is 13.7. The van der Waals surface area contributed by atoms with E-state index in [1.165, 1.54) is 13.8 Å². The van der Waals surface area contributed by atoms with Gasteiger partial charge < -0.3 is 23.9 Å². The van der Waals surface area contributed by atoms with Gasteiger partial charge in [0.2, 0.25) is 0 Å². The zero-order valence-corrected chi connectivity index (χ0v) is 21.0. The van der Waals surface area contributed by atoms with Crippen LogP contribution in [0.2, 0.25) is 0 Å². The minimum absolute atomic E-state index is 0.107. The van der Waals surface area contributed by atoms with Crippen LogP contribution < -0.4 is 14.2 Å². The molecule has 0 spiro atoms. The van der Waals surface area contributed by atoms with Gasteiger partial charge in [-0.25, -0.2) is 4.79 Å². The molecule has 1 heterocycles. The Bertz CT molecular complexity index is 1430. The van der Waals surface area contributed by atoms with E-state index in [1.54, 1.807) is 50.6 Å². The van der Waals surface area contributed by atoms with E-state index in [0.717, 1.165) is 27.9 Å². The molecule has 0 atom stereocenters. The first kappa shape index (κ1) is 24.9. The minimum atomic E-state index is -1.41. The highest BCUT2D eigenvalue weighted by molar-refractivity contribution is 6.17. The first-order chi connectivity index (χ1) is 17.1. The number of carbonyl (C=O) groups is 2. The van der Waals surface area contributed by atoms with Gasteiger partial charge >= 0.3 is 5.97 Å². The van der Waals surface area contributed by atoms with Gasteiger partial charge in [0.05, 0.1) is 25.3 Å². The summed E-state index contributed by atoms with van der Waals surface area (Å²) in [5, 5.41) is 10.3. The molecule has 0 saturated carbocycles. The van der Waals surface area contributed by atoms with Gasteiger partial charge in [-0.15, -0.1) is 0 Å². The molecule has 186 valence electrons. The molecular weight excluding hydrogens is 458 g/mol. The Morgan fingerprint density at radius 3 is 2.19 bits per heavy atom. The number of hydrogen-bond donors (Lipinski definition) is 1. The van der Waals surface area contributed by atoms with Crippen LogP contribution in [0.3, 0.4) is 0 Å². The molecule has 0 fully saturated rings. The predicted octanol–water partition coefficient (Wildman–Crippen LogP) is 5.49. The van der Waals surface area contributed by atoms with Gasteiger partial charge in [-0.05, 0) is 74.9 Å². The number of carbonyl (C=O) groups excluding carboxylic acids is 1. The lowest BCUT2D eigenvalue weighted by molar-refractivity contribution is -0.152. The molecule has 3 aromatic carbocycles. The van der Waals surface area contributed by atoms with Crippen LogP contribution in [0, 0.1) is 6.92 Å². The fraction of sp³-hybridized carbons (Fsp3) is 0.241. The highest BCUT2D eigenvalue weighted by Crippen LogP contribution is 2.33. The molecule has 0 amide bonds. The third-order valence-corrected chi connectivity index (χ3v) is 6.24. The maximum Gasteiger partial charge on any atom is 0.347 e. The van der Waals surface area contributed by atoms with E-state index >= 15 is 0 Å². The van der Waals surface area contributed by atoms with E-state index in [1.807, 2.05) is 41.8 Å². The number of aliphatic carboxylic acids is 1. The lowest BCUT2D eigenvalue weighted by atomic mass is 10.0. The fourth-order valence-electron chi connectivity index (χ4n) is 4.19. The maximum absolute atomic E-state index is 13.7. The molecule has 4 aromatic rings. The van der Waals surface area contributed by atoms with Gasteiger partial charge in [0.25, 0.3) is 0 Å². The highest BCUT2D eigenvalue weighted by Gasteiger charge is 2.30. The summed E-state index contributed by atoms with van der Waals surface area (Å²) in [5.41, 5.74) is 2.28. The van der Waals surface area contributed by atoms with Crippen molar-refractivity contribution < 1.29 is 28.9 Å². The smallest absolute Gasteiger partial charge is 0.347 e. The molecule has 7 nitrogen and oxygen atoms in total. The standard InChI is InChI=1S/C29H29NO6/c1-18-26(27(31)20-9-11-21(34-4)12-10-20)24-14-13-23(36-29(2,3)28(32)33)16-25(24)30(18)17-19-7-6-8-22(15-19)35-5/h6-16H,17H2,1-5H3,(H,32,33). The minimum Gasteiger partial charge on any atom is -0.497 e. The summed E-state index contributed by atoms with van der Waals surface area (Å²) < 4.78 is 18.4. The second-order valence-electron chi connectivity index (χ2n) is 9.05. The van der Waals surface area contributed by atoms with Crippen molar-refractivity contribution in [3.8, 4) is 17.2 Å². The first-order valence-corrected chi connectivity index (χ1v) is 11.5. The summed E-state index contributed by atoms with van der Waals surface area (Å²) >= 11 is 0. The number of carboxylic acid groups (broad SMARTS) is 1. The van der Waals surface area contributed by atoms with Crippen LogP contribution in [0.25, 0.3) is 10.9 Å². The van der Waals surface area contributed by atoms with E-state index in [-0.39, 0.29) is 5.78 Å². The molecule has 0 radical (unpaired) electrons. The molecule has 1 aromatic heterocycles. The van der Waals surface area contributed by atoms with Crippen LogP contribution in [0.5, 0.6) is 17.2 Å². The summed E-state index contributed by atoms with van der Waals surface area (Å²) in [5.74, 6) is 0.641. The molecule has 0 aliphatic carbocycles. The van der Waals surface area contributed by atoms with Crippen molar-refractivity contribution in [1.29, 1.82) is 0 Å². The van der Waals surface area contributed by atoms with Crippen LogP contribution in [0.15, 0.2) is 66.7 Å². The number of aromatic nitrogens is 1. The molecule has 0 saturated heterocycles. The molecule has 1 N–H and O–H groups in total. The average Bonchev–Trinajstić information content (AvgIpc) is 3.14. The second-order valence-corrected chi connectivity index (χ2v) is 9.05. The summed E-state index contributed by atoms with van der Waals surface area (Å²) in [6.07, 6.45) is 0. The number of carboxylic acids is 1. The van der Waals surface area contributed by atoms with Gasteiger partial charge in [0, 0.05) is 29.3 Å². The van der Waals surface area contributed by atoms with Crippen molar-refractivity contribution in [3.05, 3.63) is 89.1 Å². The Hall–Kier alpha value is -4.26. The summed E-state index contributed by atoms with van der Waals surface area (Å²) in [4.78, 5) is 25.3. The zero-order chi connectivity index (χ0) is 26.0. The quantitative estimate of drug-likeness (QED) is 0.314. The van der Waals surface area contributed by atoms with E-state index in [4.69, 9.17) is 14.2 Å². The van der Waals surface area contributed by atoms with E-state index < -0.39 is 11.6 Å². The van der Waals surface area contributed by atoms with Gasteiger partial charge in [0.1, 0.15) is 17.2 Å². The second kappa shape index (κ2) is 9.77. The molecule has 0 aliphatic rings. The van der Waals surface area contributed by atoms with Gasteiger partial charge in [-0.1, -0.05) is 12.1 Å². The van der Waals surface area contributed by atoms with Crippen LogP contribution >= 0.6 is 0 Å². The Balaban J connectivity index is 1.86. The topological polar surface area (TPSA) is 87.0 Å². The lowest BCUT2D eigenvalue weighted by Crippen LogP contribution is -2.37. The molecule has 4 rings (SSSR count). The van der Waals surface area contributed by atoms with Gasteiger partial charge in [-0.3, -0.25) is 4.79 Å². The van der Waals surface area contributed by atoms with Crippen molar-refractivity contribution in [2.45, 2.75) is 32.9 Å². The monoisotopic (exact) mass is 487 g/mol. The van der Waals surface area contributed by atoms with Crippen molar-refractivity contribution in [3.63, 3.8) is 0 Å². The largest absolute Gasteiger partial charge is 0.497 e. The zero-order valence-electron chi connectivity index (χ0n) is 21.0. The van der Waals surface area contributed by atoms with Crippen molar-refractivity contribution >= 4 is 22.7 Å². The molecule has 0 bridgehead atoms.